The van der Waals surface area contributed by atoms with Gasteiger partial charge in [-0.2, -0.15) is 0 Å². The molecule has 1 rings (SSSR count). The van der Waals surface area contributed by atoms with Crippen LogP contribution in [0.3, 0.4) is 0 Å². The first kappa shape index (κ1) is 13.2. The van der Waals surface area contributed by atoms with Gasteiger partial charge in [-0.05, 0) is 36.4 Å². The normalized spacial score (nSPS) is 13.1. The molecule has 1 unspecified atom stereocenters. The Labute approximate surface area is 100 Å². The summed E-state index contributed by atoms with van der Waals surface area (Å²) in [6.07, 6.45) is 2.34. The van der Waals surface area contributed by atoms with Gasteiger partial charge >= 0.3 is 0 Å². The van der Waals surface area contributed by atoms with E-state index >= 15 is 0 Å². The zero-order valence-corrected chi connectivity index (χ0v) is 11.1. The molecule has 0 heterocycles. The lowest BCUT2D eigenvalue weighted by Crippen LogP contribution is -2.30. The van der Waals surface area contributed by atoms with E-state index in [1.165, 1.54) is 17.5 Å². The fourth-order valence-corrected chi connectivity index (χ4v) is 1.97. The average Bonchev–Trinajstić information content (AvgIpc) is 2.29. The van der Waals surface area contributed by atoms with Crippen LogP contribution in [-0.4, -0.2) is 12.6 Å². The van der Waals surface area contributed by atoms with Crippen LogP contribution in [0.25, 0.3) is 0 Å². The van der Waals surface area contributed by atoms with Crippen molar-refractivity contribution in [2.45, 2.75) is 52.5 Å². The highest BCUT2D eigenvalue weighted by Crippen LogP contribution is 2.15. The molecular formula is C15H25N. The summed E-state index contributed by atoms with van der Waals surface area (Å²) in [6.45, 7) is 9.95. The molecule has 90 valence electrons. The topological polar surface area (TPSA) is 12.0 Å². The zero-order chi connectivity index (χ0) is 12.0. The Morgan fingerprint density at radius 1 is 1.06 bits per heavy atom. The van der Waals surface area contributed by atoms with E-state index in [4.69, 9.17) is 0 Å². The third-order valence-electron chi connectivity index (χ3n) is 3.11. The fraction of sp³-hybridized carbons (Fsp3) is 0.600. The average molecular weight is 219 g/mol. The van der Waals surface area contributed by atoms with Crippen LogP contribution in [0.2, 0.25) is 0 Å². The van der Waals surface area contributed by atoms with Gasteiger partial charge in [0.1, 0.15) is 0 Å². The lowest BCUT2D eigenvalue weighted by atomic mass is 9.98. The fourth-order valence-electron chi connectivity index (χ4n) is 1.97. The van der Waals surface area contributed by atoms with E-state index in [-0.39, 0.29) is 0 Å². The summed E-state index contributed by atoms with van der Waals surface area (Å²) in [5.74, 6) is 0.629. The van der Waals surface area contributed by atoms with Gasteiger partial charge in [-0.3, -0.25) is 0 Å². The summed E-state index contributed by atoms with van der Waals surface area (Å²) in [5.41, 5.74) is 2.87. The maximum Gasteiger partial charge on any atom is 0.0105 e. The predicted octanol–water partition coefficient (Wildman–Crippen LogP) is 3.74. The summed E-state index contributed by atoms with van der Waals surface area (Å²) in [6, 6.07) is 9.69. The van der Waals surface area contributed by atoms with E-state index in [1.807, 2.05) is 0 Å². The van der Waals surface area contributed by atoms with Crippen LogP contribution in [0.4, 0.5) is 0 Å². The van der Waals surface area contributed by atoms with Gasteiger partial charge in [0, 0.05) is 6.04 Å². The third-order valence-corrected chi connectivity index (χ3v) is 3.11. The summed E-state index contributed by atoms with van der Waals surface area (Å²) < 4.78 is 0. The zero-order valence-electron chi connectivity index (χ0n) is 11.1. The van der Waals surface area contributed by atoms with Crippen molar-refractivity contribution in [2.75, 3.05) is 6.54 Å². The largest absolute Gasteiger partial charge is 0.314 e. The van der Waals surface area contributed by atoms with E-state index in [1.54, 1.807) is 0 Å². The Morgan fingerprint density at radius 2 is 1.69 bits per heavy atom. The summed E-state index contributed by atoms with van der Waals surface area (Å²) in [5, 5.41) is 3.52. The van der Waals surface area contributed by atoms with E-state index in [0.717, 1.165) is 13.0 Å². The van der Waals surface area contributed by atoms with Crippen LogP contribution in [0.5, 0.6) is 0 Å². The Bertz CT molecular complexity index is 287. The Morgan fingerprint density at radius 3 is 2.12 bits per heavy atom. The molecule has 0 saturated carbocycles. The van der Waals surface area contributed by atoms with Crippen LogP contribution in [0, 0.1) is 0 Å². The molecule has 0 radical (unpaired) electrons. The van der Waals surface area contributed by atoms with E-state index in [9.17, 15) is 0 Å². The Kier molecular flexibility index (Phi) is 5.54. The molecule has 0 fully saturated rings. The first-order chi connectivity index (χ1) is 7.67. The van der Waals surface area contributed by atoms with Crippen LogP contribution >= 0.6 is 0 Å². The van der Waals surface area contributed by atoms with Crippen LogP contribution in [-0.2, 0) is 6.42 Å². The highest BCUT2D eigenvalue weighted by Gasteiger charge is 2.06. The lowest BCUT2D eigenvalue weighted by molar-refractivity contribution is 0.510. The molecular weight excluding hydrogens is 194 g/mol. The SMILES string of the molecule is CCNC(CC)Cc1ccc(C(C)C)cc1. The second kappa shape index (κ2) is 6.70. The minimum Gasteiger partial charge on any atom is -0.314 e. The molecule has 0 spiro atoms. The third kappa shape index (κ3) is 3.97. The van der Waals surface area contributed by atoms with Crippen molar-refractivity contribution in [3.63, 3.8) is 0 Å². The first-order valence-electron chi connectivity index (χ1n) is 6.49. The number of likely N-dealkylation sites (N-methyl/N-ethyl adjacent to an activating group) is 1. The number of nitrogens with one attached hydrogen (secondary N) is 1. The lowest BCUT2D eigenvalue weighted by Gasteiger charge is -2.16. The van der Waals surface area contributed by atoms with Crippen molar-refractivity contribution in [3.8, 4) is 0 Å². The molecule has 1 atom stereocenters. The maximum atomic E-state index is 3.52. The molecule has 0 aliphatic carbocycles. The minimum atomic E-state index is 0.620. The van der Waals surface area contributed by atoms with Gasteiger partial charge in [-0.25, -0.2) is 0 Å². The van der Waals surface area contributed by atoms with Crippen molar-refractivity contribution >= 4 is 0 Å². The first-order valence-corrected chi connectivity index (χ1v) is 6.49. The van der Waals surface area contributed by atoms with Crippen LogP contribution in [0.15, 0.2) is 24.3 Å². The highest BCUT2D eigenvalue weighted by atomic mass is 14.9. The highest BCUT2D eigenvalue weighted by molar-refractivity contribution is 5.25. The van der Waals surface area contributed by atoms with Gasteiger partial charge < -0.3 is 5.32 Å². The monoisotopic (exact) mass is 219 g/mol. The second-order valence-electron chi connectivity index (χ2n) is 4.76. The molecule has 0 aliphatic rings. The number of hydrogen-bond donors (Lipinski definition) is 1. The van der Waals surface area contributed by atoms with Crippen molar-refractivity contribution in [3.05, 3.63) is 35.4 Å². The van der Waals surface area contributed by atoms with Crippen LogP contribution in [0.1, 0.15) is 51.2 Å². The quantitative estimate of drug-likeness (QED) is 0.768. The molecule has 1 N–H and O–H groups in total. The van der Waals surface area contributed by atoms with Crippen molar-refractivity contribution in [1.82, 2.24) is 5.32 Å². The van der Waals surface area contributed by atoms with Gasteiger partial charge in [-0.15, -0.1) is 0 Å². The molecule has 1 heteroatoms. The molecule has 0 aromatic heterocycles. The summed E-state index contributed by atoms with van der Waals surface area (Å²) >= 11 is 0. The number of hydrogen-bond acceptors (Lipinski definition) is 1. The molecule has 16 heavy (non-hydrogen) atoms. The number of benzene rings is 1. The summed E-state index contributed by atoms with van der Waals surface area (Å²) in [7, 11) is 0. The molecule has 0 bridgehead atoms. The van der Waals surface area contributed by atoms with E-state index < -0.39 is 0 Å². The Balaban J connectivity index is 2.60. The standard InChI is InChI=1S/C15H25N/c1-5-15(16-6-2)11-13-7-9-14(10-8-13)12(3)4/h7-10,12,15-16H,5-6,11H2,1-4H3. The van der Waals surface area contributed by atoms with E-state index in [2.05, 4.69) is 57.3 Å². The van der Waals surface area contributed by atoms with Gasteiger partial charge in [0.25, 0.3) is 0 Å². The molecule has 0 aliphatic heterocycles. The smallest absolute Gasteiger partial charge is 0.0105 e. The Hall–Kier alpha value is -0.820. The predicted molar refractivity (Wildman–Crippen MR) is 72.0 cm³/mol. The van der Waals surface area contributed by atoms with Crippen LogP contribution < -0.4 is 5.32 Å². The molecule has 0 saturated heterocycles. The molecule has 0 amide bonds. The van der Waals surface area contributed by atoms with Gasteiger partial charge in [0.05, 0.1) is 0 Å². The molecule has 1 aromatic carbocycles. The molecule has 1 aromatic rings. The van der Waals surface area contributed by atoms with Crippen molar-refractivity contribution in [2.24, 2.45) is 0 Å². The maximum absolute atomic E-state index is 3.52. The second-order valence-corrected chi connectivity index (χ2v) is 4.76. The number of rotatable bonds is 6. The van der Waals surface area contributed by atoms with Crippen molar-refractivity contribution in [1.29, 1.82) is 0 Å². The minimum absolute atomic E-state index is 0.620. The van der Waals surface area contributed by atoms with Gasteiger partial charge in [0.2, 0.25) is 0 Å². The van der Waals surface area contributed by atoms with Gasteiger partial charge in [0.15, 0.2) is 0 Å². The molecule has 1 nitrogen and oxygen atoms in total. The van der Waals surface area contributed by atoms with Crippen molar-refractivity contribution < 1.29 is 0 Å². The van der Waals surface area contributed by atoms with Gasteiger partial charge in [-0.1, -0.05) is 52.0 Å². The van der Waals surface area contributed by atoms with E-state index in [0.29, 0.717) is 12.0 Å². The summed E-state index contributed by atoms with van der Waals surface area (Å²) in [4.78, 5) is 0.